The number of nitrogen functional groups attached to an aromatic ring is 1. The van der Waals surface area contributed by atoms with Gasteiger partial charge in [-0.25, -0.2) is 15.0 Å². The highest BCUT2D eigenvalue weighted by Crippen LogP contribution is 2.34. The van der Waals surface area contributed by atoms with Crippen LogP contribution in [0.1, 0.15) is 6.92 Å². The molecule has 0 aliphatic rings. The number of hydrogen-bond acceptors (Lipinski definition) is 6. The Morgan fingerprint density at radius 3 is 2.80 bits per heavy atom. The van der Waals surface area contributed by atoms with Gasteiger partial charge in [0.1, 0.15) is 18.2 Å². The molecule has 0 saturated carbocycles. The first-order valence-electron chi connectivity index (χ1n) is 5.44. The number of fused-ring (bicyclic) bond motifs is 1. The van der Waals surface area contributed by atoms with E-state index in [4.69, 9.17) is 20.3 Å². The summed E-state index contributed by atoms with van der Waals surface area (Å²) in [5, 5.41) is 0. The molecule has 2 aromatic rings. The Kier molecular flexibility index (Phi) is 5.15. The van der Waals surface area contributed by atoms with Gasteiger partial charge in [-0.2, -0.15) is 0 Å². The Labute approximate surface area is 114 Å². The molecule has 6 N–H and O–H groups in total. The molecule has 0 radical (unpaired) electrons. The molecule has 2 rings (SSSR count). The van der Waals surface area contributed by atoms with Crippen molar-refractivity contribution in [3.63, 3.8) is 0 Å². The lowest BCUT2D eigenvalue weighted by atomic mass is 10.4. The van der Waals surface area contributed by atoms with Crippen LogP contribution in [-0.4, -0.2) is 47.2 Å². The average Bonchev–Trinajstić information content (AvgIpc) is 2.71. The maximum absolute atomic E-state index is 10.7. The molecule has 112 valence electrons. The maximum atomic E-state index is 10.7. The van der Waals surface area contributed by atoms with Gasteiger partial charge in [-0.3, -0.25) is 4.57 Å². The van der Waals surface area contributed by atoms with E-state index in [9.17, 15) is 4.57 Å². The zero-order chi connectivity index (χ0) is 14.0. The molecule has 0 saturated heterocycles. The molecule has 0 aliphatic carbocycles. The van der Waals surface area contributed by atoms with Crippen molar-refractivity contribution in [1.82, 2.24) is 19.5 Å². The van der Waals surface area contributed by atoms with Gasteiger partial charge in [-0.15, -0.1) is 0 Å². The Morgan fingerprint density at radius 1 is 1.45 bits per heavy atom. The molecular weight excluding hydrogens is 289 g/mol. The first-order chi connectivity index (χ1) is 8.87. The van der Waals surface area contributed by atoms with Crippen molar-refractivity contribution in [2.75, 3.05) is 12.1 Å². The largest absolute Gasteiger partial charge is 0.412 e. The van der Waals surface area contributed by atoms with Crippen LogP contribution in [0.3, 0.4) is 0 Å². The fourth-order valence-corrected chi connectivity index (χ4v) is 2.04. The highest BCUT2D eigenvalue weighted by atomic mass is 31.2. The molecular formula is C9H16N5O5P. The SMILES string of the molecule is C[C@H](Cn1cnc2c(N)ncnc21)OCP(=O)(O)O.O. The molecule has 0 amide bonds. The van der Waals surface area contributed by atoms with Crippen LogP contribution in [0.15, 0.2) is 12.7 Å². The predicted octanol–water partition coefficient (Wildman–Crippen LogP) is -0.876. The lowest BCUT2D eigenvalue weighted by Gasteiger charge is -2.14. The monoisotopic (exact) mass is 305 g/mol. The number of nitrogens with two attached hydrogens (primary N) is 1. The van der Waals surface area contributed by atoms with Crippen LogP contribution in [-0.2, 0) is 15.8 Å². The number of aromatic nitrogens is 4. The van der Waals surface area contributed by atoms with Crippen LogP contribution in [0.4, 0.5) is 5.82 Å². The topological polar surface area (TPSA) is 168 Å². The zero-order valence-corrected chi connectivity index (χ0v) is 11.6. The third-order valence-corrected chi connectivity index (χ3v) is 2.90. The predicted molar refractivity (Wildman–Crippen MR) is 70.8 cm³/mol. The lowest BCUT2D eigenvalue weighted by Crippen LogP contribution is -2.17. The summed E-state index contributed by atoms with van der Waals surface area (Å²) in [5.74, 6) is 0.285. The third-order valence-electron chi connectivity index (χ3n) is 2.41. The number of imidazole rings is 1. The van der Waals surface area contributed by atoms with Crippen LogP contribution in [0.2, 0.25) is 0 Å². The minimum Gasteiger partial charge on any atom is -0.412 e. The Bertz CT molecular complexity index is 626. The number of ether oxygens (including phenoxy) is 1. The summed E-state index contributed by atoms with van der Waals surface area (Å²) in [6.07, 6.45) is 1.85. The summed E-state index contributed by atoms with van der Waals surface area (Å²) in [4.78, 5) is 29.4. The molecule has 0 fully saturated rings. The Balaban J connectivity index is 0.00000200. The molecule has 0 unspecified atom stereocenters. The van der Waals surface area contributed by atoms with Gasteiger partial charge in [0.05, 0.1) is 19.0 Å². The standard InChI is InChI=1S/C9H14N5O4P.H2O/c1-6(18-5-19(15,16)17)2-14-4-13-7-8(10)11-3-12-9(7)14;/h3-4,6H,2,5H2,1H3,(H2,10,11,12)(H2,15,16,17);1H2/t6-;/m1./s1. The van der Waals surface area contributed by atoms with E-state index in [1.54, 1.807) is 11.5 Å². The fourth-order valence-electron chi connectivity index (χ4n) is 1.59. The minimum absolute atomic E-state index is 0. The summed E-state index contributed by atoms with van der Waals surface area (Å²) >= 11 is 0. The van der Waals surface area contributed by atoms with E-state index >= 15 is 0 Å². The van der Waals surface area contributed by atoms with Crippen molar-refractivity contribution in [3.05, 3.63) is 12.7 Å². The van der Waals surface area contributed by atoms with Gasteiger partial charge in [0.2, 0.25) is 0 Å². The summed E-state index contributed by atoms with van der Waals surface area (Å²) in [6.45, 7) is 2.05. The van der Waals surface area contributed by atoms with Gasteiger partial charge in [0.25, 0.3) is 0 Å². The Morgan fingerprint density at radius 2 is 2.15 bits per heavy atom. The van der Waals surface area contributed by atoms with E-state index in [-0.39, 0.29) is 11.3 Å². The summed E-state index contributed by atoms with van der Waals surface area (Å²) in [5.41, 5.74) is 6.70. The van der Waals surface area contributed by atoms with Crippen molar-refractivity contribution < 1.29 is 24.6 Å². The molecule has 2 aromatic heterocycles. The molecule has 11 heteroatoms. The Hall–Kier alpha value is -1.58. The van der Waals surface area contributed by atoms with Crippen LogP contribution in [0.25, 0.3) is 11.2 Å². The van der Waals surface area contributed by atoms with Crippen LogP contribution in [0, 0.1) is 0 Å². The fraction of sp³-hybridized carbons (Fsp3) is 0.444. The van der Waals surface area contributed by atoms with Gasteiger partial charge >= 0.3 is 7.60 Å². The number of hydrogen-bond donors (Lipinski definition) is 3. The highest BCUT2D eigenvalue weighted by molar-refractivity contribution is 7.51. The summed E-state index contributed by atoms with van der Waals surface area (Å²) < 4.78 is 17.5. The van der Waals surface area contributed by atoms with Gasteiger partial charge in [0.15, 0.2) is 11.5 Å². The molecule has 0 aliphatic heterocycles. The second kappa shape index (κ2) is 6.25. The minimum atomic E-state index is -4.16. The second-order valence-electron chi connectivity index (χ2n) is 4.10. The van der Waals surface area contributed by atoms with Crippen LogP contribution < -0.4 is 5.73 Å². The molecule has 0 spiro atoms. The van der Waals surface area contributed by atoms with Crippen LogP contribution >= 0.6 is 7.60 Å². The first kappa shape index (κ1) is 16.5. The van der Waals surface area contributed by atoms with Gasteiger partial charge < -0.3 is 30.3 Å². The lowest BCUT2D eigenvalue weighted by molar-refractivity contribution is 0.0764. The van der Waals surface area contributed by atoms with Gasteiger partial charge in [0, 0.05) is 0 Å². The van der Waals surface area contributed by atoms with E-state index in [1.165, 1.54) is 12.7 Å². The second-order valence-corrected chi connectivity index (χ2v) is 5.69. The van der Waals surface area contributed by atoms with E-state index in [2.05, 4.69) is 15.0 Å². The molecule has 2 heterocycles. The van der Waals surface area contributed by atoms with Crippen LogP contribution in [0.5, 0.6) is 0 Å². The molecule has 0 aromatic carbocycles. The third kappa shape index (κ3) is 3.95. The molecule has 20 heavy (non-hydrogen) atoms. The summed E-state index contributed by atoms with van der Waals surface area (Å²) in [7, 11) is -4.16. The smallest absolute Gasteiger partial charge is 0.350 e. The van der Waals surface area contributed by atoms with Gasteiger partial charge in [-0.1, -0.05) is 0 Å². The maximum Gasteiger partial charge on any atom is 0.350 e. The average molecular weight is 305 g/mol. The normalized spacial score (nSPS) is 13.2. The zero-order valence-electron chi connectivity index (χ0n) is 10.7. The highest BCUT2D eigenvalue weighted by Gasteiger charge is 2.16. The van der Waals surface area contributed by atoms with E-state index in [0.29, 0.717) is 17.7 Å². The van der Waals surface area contributed by atoms with E-state index < -0.39 is 20.0 Å². The quantitative estimate of drug-likeness (QED) is 0.598. The summed E-state index contributed by atoms with van der Waals surface area (Å²) in [6, 6.07) is 0. The van der Waals surface area contributed by atoms with E-state index in [0.717, 1.165) is 0 Å². The van der Waals surface area contributed by atoms with Crippen molar-refractivity contribution >= 4 is 24.6 Å². The first-order valence-corrected chi connectivity index (χ1v) is 7.24. The number of rotatable bonds is 5. The number of anilines is 1. The van der Waals surface area contributed by atoms with Crippen molar-refractivity contribution in [2.45, 2.75) is 19.6 Å². The van der Waals surface area contributed by atoms with Crippen molar-refractivity contribution in [1.29, 1.82) is 0 Å². The molecule has 10 nitrogen and oxygen atoms in total. The molecule has 0 bridgehead atoms. The van der Waals surface area contributed by atoms with E-state index in [1.807, 2.05) is 0 Å². The van der Waals surface area contributed by atoms with Crippen molar-refractivity contribution in [3.8, 4) is 0 Å². The number of nitrogens with zero attached hydrogens (tertiary/aromatic N) is 4. The molecule has 1 atom stereocenters. The van der Waals surface area contributed by atoms with Crippen molar-refractivity contribution in [2.24, 2.45) is 0 Å². The van der Waals surface area contributed by atoms with Gasteiger partial charge in [-0.05, 0) is 6.92 Å².